The van der Waals surface area contributed by atoms with E-state index in [0.717, 1.165) is 43.2 Å². The molecule has 3 N–H and O–H groups in total. The molecule has 1 aliphatic rings. The van der Waals surface area contributed by atoms with Gasteiger partial charge in [-0.1, -0.05) is 6.42 Å². The van der Waals surface area contributed by atoms with Crippen molar-refractivity contribution in [1.29, 1.82) is 0 Å². The van der Waals surface area contributed by atoms with E-state index in [0.29, 0.717) is 23.0 Å². The van der Waals surface area contributed by atoms with Gasteiger partial charge in [0.25, 0.3) is 5.91 Å². The highest BCUT2D eigenvalue weighted by molar-refractivity contribution is 5.99. The number of pyridine rings is 1. The standard InChI is InChI=1S/C27H24F2N6O3/c1-30-26(36)24-14-22(9-10-31-24)38-21-7-5-19(6-8-21)32-27(37)33-25-15-23(16-3-2-4-16)34-35(25)20-12-17(28)11-18(29)13-20/h5-16H,2-4H2,1H3,(H,30,36)(H2,32,33,37). The van der Waals surface area contributed by atoms with E-state index in [-0.39, 0.29) is 23.2 Å². The first-order valence-corrected chi connectivity index (χ1v) is 12.0. The molecule has 0 unspecified atom stereocenters. The molecule has 0 spiro atoms. The van der Waals surface area contributed by atoms with Gasteiger partial charge in [-0.25, -0.2) is 18.3 Å². The fraction of sp³-hybridized carbons (Fsp3) is 0.185. The van der Waals surface area contributed by atoms with E-state index < -0.39 is 17.7 Å². The number of nitrogens with one attached hydrogen (secondary N) is 3. The van der Waals surface area contributed by atoms with Crippen molar-refractivity contribution < 1.29 is 23.1 Å². The van der Waals surface area contributed by atoms with Gasteiger partial charge in [0.1, 0.15) is 34.6 Å². The van der Waals surface area contributed by atoms with Crippen LogP contribution in [0, 0.1) is 11.6 Å². The van der Waals surface area contributed by atoms with Crippen molar-refractivity contribution in [3.63, 3.8) is 0 Å². The van der Waals surface area contributed by atoms with Crippen molar-refractivity contribution in [2.45, 2.75) is 25.2 Å². The molecule has 1 saturated carbocycles. The molecule has 1 fully saturated rings. The summed E-state index contributed by atoms with van der Waals surface area (Å²) >= 11 is 0. The Morgan fingerprint density at radius 1 is 0.947 bits per heavy atom. The van der Waals surface area contributed by atoms with E-state index in [1.165, 1.54) is 24.0 Å². The molecule has 2 aromatic carbocycles. The highest BCUT2D eigenvalue weighted by Crippen LogP contribution is 2.37. The molecule has 3 amide bonds. The van der Waals surface area contributed by atoms with E-state index in [1.807, 2.05) is 0 Å². The third kappa shape index (κ3) is 5.61. The van der Waals surface area contributed by atoms with Gasteiger partial charge in [0.15, 0.2) is 0 Å². The third-order valence-corrected chi connectivity index (χ3v) is 6.12. The predicted octanol–water partition coefficient (Wildman–Crippen LogP) is 5.61. The summed E-state index contributed by atoms with van der Waals surface area (Å²) in [5, 5.41) is 12.5. The van der Waals surface area contributed by atoms with Gasteiger partial charge in [0.2, 0.25) is 0 Å². The number of aromatic nitrogens is 3. The molecular weight excluding hydrogens is 494 g/mol. The van der Waals surface area contributed by atoms with E-state index in [9.17, 15) is 18.4 Å². The SMILES string of the molecule is CNC(=O)c1cc(Oc2ccc(NC(=O)Nc3cc(C4CCC4)nn3-c3cc(F)cc(F)c3)cc2)ccn1. The molecule has 2 heterocycles. The molecular formula is C27H24F2N6O3. The first-order chi connectivity index (χ1) is 18.4. The van der Waals surface area contributed by atoms with Crippen LogP contribution in [0.25, 0.3) is 5.69 Å². The Labute approximate surface area is 216 Å². The zero-order valence-electron chi connectivity index (χ0n) is 20.4. The lowest BCUT2D eigenvalue weighted by Crippen LogP contribution is -2.21. The lowest BCUT2D eigenvalue weighted by Gasteiger charge is -2.22. The molecule has 2 aromatic heterocycles. The Kier molecular flexibility index (Phi) is 6.98. The minimum Gasteiger partial charge on any atom is -0.457 e. The Morgan fingerprint density at radius 2 is 1.68 bits per heavy atom. The second-order valence-corrected chi connectivity index (χ2v) is 8.78. The number of carbonyl (C=O) groups is 2. The minimum atomic E-state index is -0.741. The van der Waals surface area contributed by atoms with Crippen molar-refractivity contribution in [1.82, 2.24) is 20.1 Å². The van der Waals surface area contributed by atoms with Gasteiger partial charge < -0.3 is 15.4 Å². The van der Waals surface area contributed by atoms with Crippen LogP contribution in [0.2, 0.25) is 0 Å². The maximum absolute atomic E-state index is 13.9. The smallest absolute Gasteiger partial charge is 0.324 e. The Balaban J connectivity index is 1.28. The summed E-state index contributed by atoms with van der Waals surface area (Å²) in [5.74, 6) is -0.352. The van der Waals surface area contributed by atoms with Gasteiger partial charge in [0, 0.05) is 43.0 Å². The molecule has 1 aliphatic carbocycles. The van der Waals surface area contributed by atoms with Gasteiger partial charge in [-0.05, 0) is 55.3 Å². The van der Waals surface area contributed by atoms with E-state index in [1.54, 1.807) is 36.4 Å². The molecule has 0 bridgehead atoms. The van der Waals surface area contributed by atoms with Crippen molar-refractivity contribution in [3.8, 4) is 17.2 Å². The van der Waals surface area contributed by atoms with Crippen LogP contribution in [-0.4, -0.2) is 33.8 Å². The third-order valence-electron chi connectivity index (χ3n) is 6.12. The largest absolute Gasteiger partial charge is 0.457 e. The molecule has 0 saturated heterocycles. The summed E-state index contributed by atoms with van der Waals surface area (Å²) in [6.07, 6.45) is 4.51. The molecule has 194 valence electrons. The molecule has 38 heavy (non-hydrogen) atoms. The second kappa shape index (κ2) is 10.7. The Bertz CT molecular complexity index is 1460. The van der Waals surface area contributed by atoms with Gasteiger partial charge in [-0.15, -0.1) is 0 Å². The number of hydrogen-bond acceptors (Lipinski definition) is 5. The highest BCUT2D eigenvalue weighted by atomic mass is 19.1. The van der Waals surface area contributed by atoms with Crippen molar-refractivity contribution >= 4 is 23.4 Å². The number of ether oxygens (including phenoxy) is 1. The topological polar surface area (TPSA) is 110 Å². The number of benzene rings is 2. The molecule has 9 nitrogen and oxygen atoms in total. The second-order valence-electron chi connectivity index (χ2n) is 8.78. The van der Waals surface area contributed by atoms with Crippen LogP contribution in [0.5, 0.6) is 11.5 Å². The number of rotatable bonds is 7. The molecule has 5 rings (SSSR count). The molecule has 11 heteroatoms. The lowest BCUT2D eigenvalue weighted by molar-refractivity contribution is 0.0957. The minimum absolute atomic E-state index is 0.167. The summed E-state index contributed by atoms with van der Waals surface area (Å²) in [5.41, 5.74) is 1.63. The van der Waals surface area contributed by atoms with Crippen LogP contribution in [0.3, 0.4) is 0 Å². The fourth-order valence-electron chi connectivity index (χ4n) is 4.00. The van der Waals surface area contributed by atoms with E-state index in [2.05, 4.69) is 26.0 Å². The number of urea groups is 1. The average molecular weight is 519 g/mol. The first-order valence-electron chi connectivity index (χ1n) is 12.0. The number of nitrogens with zero attached hydrogens (tertiary/aromatic N) is 3. The van der Waals surface area contributed by atoms with Gasteiger partial charge in [-0.3, -0.25) is 15.1 Å². The van der Waals surface area contributed by atoms with E-state index >= 15 is 0 Å². The van der Waals surface area contributed by atoms with Crippen LogP contribution in [0.4, 0.5) is 25.1 Å². The molecule has 0 atom stereocenters. The van der Waals surface area contributed by atoms with Crippen molar-refractivity contribution in [2.75, 3.05) is 17.7 Å². The molecule has 4 aromatic rings. The number of hydrogen-bond donors (Lipinski definition) is 3. The first kappa shape index (κ1) is 24.9. The highest BCUT2D eigenvalue weighted by Gasteiger charge is 2.25. The summed E-state index contributed by atoms with van der Waals surface area (Å²) in [6.45, 7) is 0. The number of carbonyl (C=O) groups excluding carboxylic acids is 2. The molecule has 0 aliphatic heterocycles. The number of amides is 3. The summed E-state index contributed by atoms with van der Waals surface area (Å²) < 4.78 is 34.8. The van der Waals surface area contributed by atoms with E-state index in [4.69, 9.17) is 4.74 Å². The monoisotopic (exact) mass is 518 g/mol. The Morgan fingerprint density at radius 3 is 2.34 bits per heavy atom. The zero-order valence-corrected chi connectivity index (χ0v) is 20.4. The van der Waals surface area contributed by atoms with Crippen LogP contribution in [0.15, 0.2) is 66.9 Å². The fourth-order valence-corrected chi connectivity index (χ4v) is 4.00. The summed E-state index contributed by atoms with van der Waals surface area (Å²) in [6, 6.07) is 14.0. The van der Waals surface area contributed by atoms with Crippen molar-refractivity contribution in [2.24, 2.45) is 0 Å². The van der Waals surface area contributed by atoms with Crippen LogP contribution in [-0.2, 0) is 0 Å². The van der Waals surface area contributed by atoms with Gasteiger partial charge in [0.05, 0.1) is 11.4 Å². The van der Waals surface area contributed by atoms with Crippen LogP contribution >= 0.6 is 0 Å². The van der Waals surface area contributed by atoms with Crippen molar-refractivity contribution in [3.05, 3.63) is 89.9 Å². The maximum atomic E-state index is 13.9. The van der Waals surface area contributed by atoms with Crippen LogP contribution < -0.4 is 20.7 Å². The van der Waals surface area contributed by atoms with Crippen LogP contribution in [0.1, 0.15) is 41.4 Å². The summed E-state index contributed by atoms with van der Waals surface area (Å²) in [4.78, 5) is 28.5. The van der Waals surface area contributed by atoms with Gasteiger partial charge in [-0.2, -0.15) is 5.10 Å². The van der Waals surface area contributed by atoms with Gasteiger partial charge >= 0.3 is 6.03 Å². The predicted molar refractivity (Wildman–Crippen MR) is 137 cm³/mol. The average Bonchev–Trinajstić information content (AvgIpc) is 3.26. The maximum Gasteiger partial charge on any atom is 0.324 e. The normalized spacial score (nSPS) is 12.9. The number of anilines is 2. The lowest BCUT2D eigenvalue weighted by atomic mass is 9.83. The molecule has 0 radical (unpaired) electrons. The quantitative estimate of drug-likeness (QED) is 0.295. The summed E-state index contributed by atoms with van der Waals surface area (Å²) in [7, 11) is 1.52. The Hall–Kier alpha value is -4.80. The number of halogens is 2. The zero-order chi connectivity index (χ0) is 26.6.